The van der Waals surface area contributed by atoms with Crippen LogP contribution in [0.2, 0.25) is 0 Å². The predicted molar refractivity (Wildman–Crippen MR) is 128 cm³/mol. The standard InChI is InChI=1S/C23H22N4O4S2/c28-21(12-16-3-1-4-18(11-16)33(29,30)27-7-9-31-10-8-27)26-22-13-17(15-32-22)20-14-25-23-19(20)5-2-6-24-23/h1-6,11,13-15H,7-10,12H2,(H,24,25)(H,26,28). The smallest absolute Gasteiger partial charge is 0.243 e. The van der Waals surface area contributed by atoms with Crippen LogP contribution >= 0.6 is 11.3 Å². The summed E-state index contributed by atoms with van der Waals surface area (Å²) in [6, 6.07) is 12.4. The van der Waals surface area contributed by atoms with Crippen LogP contribution in [0.4, 0.5) is 5.00 Å². The number of morpholine rings is 1. The number of carbonyl (C=O) groups is 1. The number of thiophene rings is 1. The average molecular weight is 483 g/mol. The number of pyridine rings is 1. The van der Waals surface area contributed by atoms with E-state index < -0.39 is 10.0 Å². The molecule has 8 nitrogen and oxygen atoms in total. The molecule has 1 fully saturated rings. The molecule has 33 heavy (non-hydrogen) atoms. The minimum Gasteiger partial charge on any atom is -0.379 e. The lowest BCUT2D eigenvalue weighted by molar-refractivity contribution is -0.115. The van der Waals surface area contributed by atoms with Crippen molar-refractivity contribution in [3.63, 3.8) is 0 Å². The van der Waals surface area contributed by atoms with Gasteiger partial charge in [-0.3, -0.25) is 4.79 Å². The molecule has 1 saturated heterocycles. The van der Waals surface area contributed by atoms with Gasteiger partial charge in [0.05, 0.1) is 29.5 Å². The lowest BCUT2D eigenvalue weighted by Crippen LogP contribution is -2.40. The largest absolute Gasteiger partial charge is 0.379 e. The number of amides is 1. The topological polar surface area (TPSA) is 104 Å². The van der Waals surface area contributed by atoms with Gasteiger partial charge in [-0.2, -0.15) is 4.31 Å². The molecule has 5 rings (SSSR count). The van der Waals surface area contributed by atoms with Crippen molar-refractivity contribution in [1.29, 1.82) is 0 Å². The summed E-state index contributed by atoms with van der Waals surface area (Å²) in [6.45, 7) is 1.44. The van der Waals surface area contributed by atoms with Crippen molar-refractivity contribution in [1.82, 2.24) is 14.3 Å². The average Bonchev–Trinajstić information content (AvgIpc) is 3.46. The van der Waals surface area contributed by atoms with E-state index in [0.717, 1.165) is 27.2 Å². The minimum absolute atomic E-state index is 0.0801. The quantitative estimate of drug-likeness (QED) is 0.438. The van der Waals surface area contributed by atoms with Crippen LogP contribution in [0.3, 0.4) is 0 Å². The molecule has 0 radical (unpaired) electrons. The molecule has 1 aliphatic rings. The number of fused-ring (bicyclic) bond motifs is 1. The highest BCUT2D eigenvalue weighted by Crippen LogP contribution is 2.33. The van der Waals surface area contributed by atoms with E-state index in [1.807, 2.05) is 29.8 Å². The van der Waals surface area contributed by atoms with Gasteiger partial charge in [-0.15, -0.1) is 11.3 Å². The number of hydrogen-bond acceptors (Lipinski definition) is 6. The fraction of sp³-hybridized carbons (Fsp3) is 0.217. The van der Waals surface area contributed by atoms with E-state index in [9.17, 15) is 13.2 Å². The molecule has 1 aliphatic heterocycles. The number of ether oxygens (including phenoxy) is 1. The highest BCUT2D eigenvalue weighted by atomic mass is 32.2. The maximum atomic E-state index is 12.9. The molecule has 1 amide bonds. The maximum absolute atomic E-state index is 12.9. The van der Waals surface area contributed by atoms with E-state index in [0.29, 0.717) is 31.9 Å². The van der Waals surface area contributed by atoms with Crippen molar-refractivity contribution in [2.45, 2.75) is 11.3 Å². The van der Waals surface area contributed by atoms with Crippen LogP contribution in [0, 0.1) is 0 Å². The molecule has 0 saturated carbocycles. The molecule has 0 unspecified atom stereocenters. The summed E-state index contributed by atoms with van der Waals surface area (Å²) < 4.78 is 32.4. The van der Waals surface area contributed by atoms with Crippen molar-refractivity contribution in [2.75, 3.05) is 31.6 Å². The van der Waals surface area contributed by atoms with Crippen LogP contribution in [-0.2, 0) is 26.0 Å². The van der Waals surface area contributed by atoms with Crippen molar-refractivity contribution in [3.05, 3.63) is 65.8 Å². The third-order valence-electron chi connectivity index (χ3n) is 5.50. The monoisotopic (exact) mass is 482 g/mol. The molecular formula is C23H22N4O4S2. The number of rotatable bonds is 6. The Kier molecular flexibility index (Phi) is 5.98. The summed E-state index contributed by atoms with van der Waals surface area (Å²) >= 11 is 1.44. The zero-order valence-electron chi connectivity index (χ0n) is 17.7. The second-order valence-corrected chi connectivity index (χ2v) is 10.5. The number of benzene rings is 1. The van der Waals surface area contributed by atoms with E-state index in [4.69, 9.17) is 4.74 Å². The molecule has 0 spiro atoms. The Balaban J connectivity index is 1.28. The molecule has 1 aromatic carbocycles. The number of sulfonamides is 1. The Labute approximate surface area is 195 Å². The molecule has 0 aliphatic carbocycles. The second kappa shape index (κ2) is 9.06. The minimum atomic E-state index is -3.60. The number of H-pyrrole nitrogens is 1. The first-order valence-electron chi connectivity index (χ1n) is 10.5. The van der Waals surface area contributed by atoms with Gasteiger partial charge in [-0.05, 0) is 41.5 Å². The van der Waals surface area contributed by atoms with Crippen LogP contribution < -0.4 is 5.32 Å². The van der Waals surface area contributed by atoms with Crippen LogP contribution in [-0.4, -0.2) is 54.9 Å². The number of nitrogens with one attached hydrogen (secondary N) is 2. The molecule has 10 heteroatoms. The van der Waals surface area contributed by atoms with E-state index >= 15 is 0 Å². The fourth-order valence-electron chi connectivity index (χ4n) is 3.86. The number of anilines is 1. The molecule has 2 N–H and O–H groups in total. The molecule has 4 aromatic rings. The summed E-state index contributed by atoms with van der Waals surface area (Å²) in [5.41, 5.74) is 3.47. The molecule has 3 aromatic heterocycles. The Bertz CT molecular complexity index is 1400. The normalized spacial score (nSPS) is 15.0. The van der Waals surface area contributed by atoms with Gasteiger partial charge in [0.15, 0.2) is 0 Å². The van der Waals surface area contributed by atoms with Gasteiger partial charge in [0.2, 0.25) is 15.9 Å². The molecule has 0 bridgehead atoms. The Morgan fingerprint density at radius 2 is 2.03 bits per heavy atom. The molecule has 170 valence electrons. The number of aromatic amines is 1. The Morgan fingerprint density at radius 3 is 2.88 bits per heavy atom. The zero-order chi connectivity index (χ0) is 22.8. The number of carbonyl (C=O) groups excluding carboxylic acids is 1. The zero-order valence-corrected chi connectivity index (χ0v) is 19.3. The van der Waals surface area contributed by atoms with Crippen molar-refractivity contribution in [2.24, 2.45) is 0 Å². The SMILES string of the molecule is O=C(Cc1cccc(S(=O)(=O)N2CCOCC2)c1)Nc1cc(-c2c[nH]c3ncccc23)cs1. The van der Waals surface area contributed by atoms with Crippen LogP contribution in [0.15, 0.2) is 65.1 Å². The maximum Gasteiger partial charge on any atom is 0.243 e. The van der Waals surface area contributed by atoms with Crippen LogP contribution in [0.25, 0.3) is 22.2 Å². The van der Waals surface area contributed by atoms with E-state index in [1.165, 1.54) is 15.6 Å². The van der Waals surface area contributed by atoms with E-state index in [1.54, 1.807) is 30.5 Å². The predicted octanol–water partition coefficient (Wildman–Crippen LogP) is 3.49. The third kappa shape index (κ3) is 4.55. The van der Waals surface area contributed by atoms with Gasteiger partial charge in [0.1, 0.15) is 5.65 Å². The van der Waals surface area contributed by atoms with Gasteiger partial charge in [0.25, 0.3) is 0 Å². The molecular weight excluding hydrogens is 460 g/mol. The third-order valence-corrected chi connectivity index (χ3v) is 8.24. The molecule has 0 atom stereocenters. The van der Waals surface area contributed by atoms with Crippen LogP contribution in [0.5, 0.6) is 0 Å². The Morgan fingerprint density at radius 1 is 1.18 bits per heavy atom. The van der Waals surface area contributed by atoms with Crippen molar-refractivity contribution >= 4 is 43.3 Å². The van der Waals surface area contributed by atoms with Gasteiger partial charge < -0.3 is 15.0 Å². The highest BCUT2D eigenvalue weighted by Gasteiger charge is 2.26. The van der Waals surface area contributed by atoms with Gasteiger partial charge in [-0.1, -0.05) is 12.1 Å². The Hall–Kier alpha value is -3.05. The lowest BCUT2D eigenvalue weighted by Gasteiger charge is -2.26. The van der Waals surface area contributed by atoms with Gasteiger partial charge in [-0.25, -0.2) is 13.4 Å². The van der Waals surface area contributed by atoms with E-state index in [2.05, 4.69) is 15.3 Å². The summed E-state index contributed by atoms with van der Waals surface area (Å²) in [6.07, 6.45) is 3.73. The number of hydrogen-bond donors (Lipinski definition) is 2. The van der Waals surface area contributed by atoms with Crippen molar-refractivity contribution < 1.29 is 17.9 Å². The summed E-state index contributed by atoms with van der Waals surface area (Å²) in [7, 11) is -3.60. The summed E-state index contributed by atoms with van der Waals surface area (Å²) in [4.78, 5) is 20.3. The first-order chi connectivity index (χ1) is 16.0. The summed E-state index contributed by atoms with van der Waals surface area (Å²) in [5, 5.41) is 6.65. The number of aromatic nitrogens is 2. The fourth-order valence-corrected chi connectivity index (χ4v) is 6.15. The second-order valence-electron chi connectivity index (χ2n) is 7.69. The van der Waals surface area contributed by atoms with Crippen LogP contribution in [0.1, 0.15) is 5.56 Å². The summed E-state index contributed by atoms with van der Waals surface area (Å²) in [5.74, 6) is -0.204. The number of nitrogens with zero attached hydrogens (tertiary/aromatic N) is 2. The highest BCUT2D eigenvalue weighted by molar-refractivity contribution is 7.89. The first-order valence-corrected chi connectivity index (χ1v) is 12.8. The van der Waals surface area contributed by atoms with Crippen molar-refractivity contribution in [3.8, 4) is 11.1 Å². The van der Waals surface area contributed by atoms with E-state index in [-0.39, 0.29) is 17.2 Å². The lowest BCUT2D eigenvalue weighted by atomic mass is 10.1. The van der Waals surface area contributed by atoms with Gasteiger partial charge >= 0.3 is 0 Å². The van der Waals surface area contributed by atoms with Gasteiger partial charge in [0, 0.05) is 41.8 Å². The molecule has 4 heterocycles. The first kappa shape index (κ1) is 21.8.